The molecule has 1 unspecified atom stereocenters. The Morgan fingerprint density at radius 2 is 1.84 bits per heavy atom. The number of H-pyrrole nitrogens is 1. The van der Waals surface area contributed by atoms with Crippen molar-refractivity contribution in [2.24, 2.45) is 0 Å². The molecule has 25 heavy (non-hydrogen) atoms. The predicted octanol–water partition coefficient (Wildman–Crippen LogP) is 5.58. The van der Waals surface area contributed by atoms with Crippen molar-refractivity contribution in [1.82, 2.24) is 10.3 Å². The smallest absolute Gasteiger partial charge is 0.0478 e. The minimum absolute atomic E-state index is 0. The summed E-state index contributed by atoms with van der Waals surface area (Å²) >= 11 is 0. The predicted molar refractivity (Wildman–Crippen MR) is 109 cm³/mol. The molecule has 2 N–H and O–H groups in total. The van der Waals surface area contributed by atoms with Gasteiger partial charge in [0.1, 0.15) is 0 Å². The molecule has 1 aliphatic rings. The first kappa shape index (κ1) is 18.0. The van der Waals surface area contributed by atoms with Gasteiger partial charge in [-0.25, -0.2) is 0 Å². The third-order valence-corrected chi connectivity index (χ3v) is 5.31. The molecule has 3 aromatic rings. The van der Waals surface area contributed by atoms with Crippen LogP contribution in [0.5, 0.6) is 0 Å². The first-order valence-electron chi connectivity index (χ1n) is 9.21. The van der Waals surface area contributed by atoms with Crippen molar-refractivity contribution in [3.8, 4) is 0 Å². The molecule has 1 aliphatic carbocycles. The maximum Gasteiger partial charge on any atom is 0.0478 e. The van der Waals surface area contributed by atoms with Crippen LogP contribution in [-0.4, -0.2) is 11.0 Å². The average Bonchev–Trinajstić information content (AvgIpc) is 3.01. The number of nitrogens with one attached hydrogen (secondary N) is 2. The fraction of sp³-hybridized carbons (Fsp3) is 0.364. The largest absolute Gasteiger partial charge is 0.357 e. The second-order valence-corrected chi connectivity index (χ2v) is 7.10. The highest BCUT2D eigenvalue weighted by molar-refractivity contribution is 5.85. The van der Waals surface area contributed by atoms with E-state index in [0.717, 1.165) is 6.42 Å². The lowest BCUT2D eigenvalue weighted by Crippen LogP contribution is -2.33. The normalized spacial score (nSPS) is 17.7. The number of hydrogen-bond acceptors (Lipinski definition) is 1. The molecule has 2 nitrogen and oxygen atoms in total. The van der Waals surface area contributed by atoms with Gasteiger partial charge in [-0.3, -0.25) is 0 Å². The number of aryl methyl sites for hydroxylation is 2. The van der Waals surface area contributed by atoms with Gasteiger partial charge in [0.2, 0.25) is 0 Å². The summed E-state index contributed by atoms with van der Waals surface area (Å²) in [4.78, 5) is 3.68. The minimum Gasteiger partial charge on any atom is -0.357 e. The summed E-state index contributed by atoms with van der Waals surface area (Å²) in [5.74, 6) is 0. The van der Waals surface area contributed by atoms with E-state index in [0.29, 0.717) is 12.1 Å². The van der Waals surface area contributed by atoms with Gasteiger partial charge < -0.3 is 10.3 Å². The van der Waals surface area contributed by atoms with Crippen molar-refractivity contribution in [2.45, 2.75) is 51.1 Å². The average molecular weight is 355 g/mol. The molecule has 3 heteroatoms. The van der Waals surface area contributed by atoms with Crippen molar-refractivity contribution in [2.75, 3.05) is 0 Å². The molecule has 0 fully saturated rings. The number of aromatic nitrogens is 1. The highest BCUT2D eigenvalue weighted by Crippen LogP contribution is 2.34. The lowest BCUT2D eigenvalue weighted by Gasteiger charge is -2.27. The van der Waals surface area contributed by atoms with Crippen molar-refractivity contribution < 1.29 is 0 Å². The zero-order valence-electron chi connectivity index (χ0n) is 14.8. The van der Waals surface area contributed by atoms with E-state index in [2.05, 4.69) is 71.8 Å². The molecule has 1 heterocycles. The molecule has 0 bridgehead atoms. The molecule has 0 spiro atoms. The summed E-state index contributed by atoms with van der Waals surface area (Å²) < 4.78 is 0. The Balaban J connectivity index is 0.00000182. The third-order valence-electron chi connectivity index (χ3n) is 5.31. The van der Waals surface area contributed by atoms with Crippen LogP contribution in [0.15, 0.2) is 54.6 Å². The fourth-order valence-corrected chi connectivity index (χ4v) is 4.04. The maximum atomic E-state index is 3.87. The van der Waals surface area contributed by atoms with Crippen LogP contribution in [-0.2, 0) is 12.8 Å². The fourth-order valence-electron chi connectivity index (χ4n) is 4.04. The van der Waals surface area contributed by atoms with Crippen LogP contribution >= 0.6 is 12.4 Å². The first-order valence-corrected chi connectivity index (χ1v) is 9.21. The highest BCUT2D eigenvalue weighted by Gasteiger charge is 2.24. The summed E-state index contributed by atoms with van der Waals surface area (Å²) in [7, 11) is 0. The van der Waals surface area contributed by atoms with E-state index in [-0.39, 0.29) is 12.4 Å². The monoisotopic (exact) mass is 354 g/mol. The van der Waals surface area contributed by atoms with Gasteiger partial charge in [-0.2, -0.15) is 0 Å². The van der Waals surface area contributed by atoms with E-state index >= 15 is 0 Å². The number of aromatic amines is 1. The van der Waals surface area contributed by atoms with Crippen LogP contribution in [0.3, 0.4) is 0 Å². The third kappa shape index (κ3) is 3.91. The van der Waals surface area contributed by atoms with Crippen molar-refractivity contribution in [3.05, 3.63) is 71.4 Å². The topological polar surface area (TPSA) is 27.8 Å². The number of para-hydroxylation sites is 1. The van der Waals surface area contributed by atoms with E-state index in [9.17, 15) is 0 Å². The molecule has 2 atom stereocenters. The van der Waals surface area contributed by atoms with E-state index in [1.165, 1.54) is 53.4 Å². The van der Waals surface area contributed by atoms with Crippen molar-refractivity contribution >= 4 is 23.3 Å². The number of benzene rings is 2. The summed E-state index contributed by atoms with van der Waals surface area (Å²) in [5.41, 5.74) is 5.67. The van der Waals surface area contributed by atoms with E-state index in [1.807, 2.05) is 0 Å². The van der Waals surface area contributed by atoms with Crippen LogP contribution < -0.4 is 5.32 Å². The second kappa shape index (κ2) is 8.07. The van der Waals surface area contributed by atoms with Crippen molar-refractivity contribution in [3.63, 3.8) is 0 Å². The molecule has 0 radical (unpaired) electrons. The first-order chi connectivity index (χ1) is 11.8. The molecule has 4 rings (SSSR count). The van der Waals surface area contributed by atoms with Gasteiger partial charge in [0.15, 0.2) is 0 Å². The molecule has 2 aromatic carbocycles. The maximum absolute atomic E-state index is 3.87. The quantitative estimate of drug-likeness (QED) is 0.615. The molecule has 0 aliphatic heterocycles. The highest BCUT2D eigenvalue weighted by atomic mass is 35.5. The van der Waals surface area contributed by atoms with E-state index < -0.39 is 0 Å². The summed E-state index contributed by atoms with van der Waals surface area (Å²) in [6, 6.07) is 20.5. The lowest BCUT2D eigenvalue weighted by atomic mass is 9.91. The Bertz CT molecular complexity index is 809. The number of hydrogen-bond donors (Lipinski definition) is 2. The molecular formula is C22H27ClN2. The van der Waals surface area contributed by atoms with Crippen LogP contribution in [0.25, 0.3) is 10.9 Å². The zero-order chi connectivity index (χ0) is 16.4. The Hall–Kier alpha value is -1.77. The van der Waals surface area contributed by atoms with Gasteiger partial charge in [-0.15, -0.1) is 12.4 Å². The van der Waals surface area contributed by atoms with Gasteiger partial charge in [0, 0.05) is 28.7 Å². The van der Waals surface area contributed by atoms with Gasteiger partial charge in [0.05, 0.1) is 0 Å². The summed E-state index contributed by atoms with van der Waals surface area (Å²) in [5, 5.41) is 5.29. The zero-order valence-corrected chi connectivity index (χ0v) is 15.6. The second-order valence-electron chi connectivity index (χ2n) is 7.10. The SMILES string of the molecule is C[C@@H](CCc1ccccc1)NC1CCCc2c1[nH]c1ccccc21.Cl. The van der Waals surface area contributed by atoms with Gasteiger partial charge in [-0.05, 0) is 56.2 Å². The Labute approximate surface area is 156 Å². The van der Waals surface area contributed by atoms with Gasteiger partial charge in [0.25, 0.3) is 0 Å². The molecular weight excluding hydrogens is 328 g/mol. The van der Waals surface area contributed by atoms with Crippen LogP contribution in [0.4, 0.5) is 0 Å². The Morgan fingerprint density at radius 1 is 1.08 bits per heavy atom. The minimum atomic E-state index is 0. The Morgan fingerprint density at radius 3 is 2.68 bits per heavy atom. The lowest BCUT2D eigenvalue weighted by molar-refractivity contribution is 0.391. The van der Waals surface area contributed by atoms with Crippen LogP contribution in [0.1, 0.15) is 49.0 Å². The Kier molecular flexibility index (Phi) is 5.82. The number of rotatable bonds is 5. The number of fused-ring (bicyclic) bond motifs is 3. The molecule has 0 saturated heterocycles. The molecule has 1 aromatic heterocycles. The van der Waals surface area contributed by atoms with Crippen LogP contribution in [0.2, 0.25) is 0 Å². The summed E-state index contributed by atoms with van der Waals surface area (Å²) in [6.07, 6.45) is 6.03. The van der Waals surface area contributed by atoms with E-state index in [1.54, 1.807) is 0 Å². The molecule has 0 saturated carbocycles. The molecule has 132 valence electrons. The van der Waals surface area contributed by atoms with Gasteiger partial charge in [-0.1, -0.05) is 48.5 Å². The van der Waals surface area contributed by atoms with Gasteiger partial charge >= 0.3 is 0 Å². The van der Waals surface area contributed by atoms with E-state index in [4.69, 9.17) is 0 Å². The van der Waals surface area contributed by atoms with Crippen molar-refractivity contribution in [1.29, 1.82) is 0 Å². The number of halogens is 1. The standard InChI is InChI=1S/C22H26N2.ClH/c1-16(14-15-17-8-3-2-4-9-17)23-21-13-7-11-19-18-10-5-6-12-20(18)24-22(19)21;/h2-6,8-10,12,16,21,23-24H,7,11,13-15H2,1H3;1H/t16-,21?;/m0./s1. The summed E-state index contributed by atoms with van der Waals surface area (Å²) in [6.45, 7) is 2.32. The molecule has 0 amide bonds. The van der Waals surface area contributed by atoms with Crippen LogP contribution in [0, 0.1) is 0 Å².